The smallest absolute Gasteiger partial charge is 0.231 e. The molecule has 21 heavy (non-hydrogen) atoms. The molecule has 1 aliphatic rings. The summed E-state index contributed by atoms with van der Waals surface area (Å²) in [6.07, 6.45) is 4.67. The number of carbonyl (C=O) groups is 1. The normalized spacial score (nSPS) is 17.0. The molecule has 0 atom stereocenters. The minimum absolute atomic E-state index is 0.0941. The van der Waals surface area contributed by atoms with E-state index in [0.29, 0.717) is 5.69 Å². The van der Waals surface area contributed by atoms with Crippen LogP contribution in [0.4, 0.5) is 5.69 Å². The molecule has 0 spiro atoms. The largest absolute Gasteiger partial charge is 0.398 e. The lowest BCUT2D eigenvalue weighted by Crippen LogP contribution is -2.49. The molecular weight excluding hydrogens is 282 g/mol. The molecule has 3 N–H and O–H groups in total. The molecule has 1 aromatic rings. The van der Waals surface area contributed by atoms with E-state index in [1.165, 1.54) is 11.8 Å². The first-order valence-corrected chi connectivity index (χ1v) is 8.24. The van der Waals surface area contributed by atoms with E-state index in [4.69, 9.17) is 5.73 Å². The summed E-state index contributed by atoms with van der Waals surface area (Å²) < 4.78 is 0. The topological polar surface area (TPSA) is 78.9 Å². The third kappa shape index (κ3) is 4.15. The van der Waals surface area contributed by atoms with E-state index in [1.807, 2.05) is 25.1 Å². The van der Waals surface area contributed by atoms with Gasteiger partial charge in [0.05, 0.1) is 11.8 Å². The molecule has 0 radical (unpaired) electrons. The van der Waals surface area contributed by atoms with Crippen molar-refractivity contribution in [2.24, 2.45) is 0 Å². The number of rotatable bonds is 4. The van der Waals surface area contributed by atoms with E-state index in [9.17, 15) is 10.1 Å². The zero-order valence-electron chi connectivity index (χ0n) is 12.3. The molecular formula is C16H21N3OS. The number of aryl methyl sites for hydroxylation is 1. The maximum Gasteiger partial charge on any atom is 0.231 e. The van der Waals surface area contributed by atoms with Gasteiger partial charge in [-0.15, -0.1) is 11.8 Å². The highest BCUT2D eigenvalue weighted by molar-refractivity contribution is 8.00. The molecule has 2 rings (SSSR count). The molecule has 0 aliphatic heterocycles. The maximum atomic E-state index is 12.1. The predicted molar refractivity (Wildman–Crippen MR) is 85.9 cm³/mol. The number of hydrogen-bond acceptors (Lipinski definition) is 4. The molecule has 1 aromatic carbocycles. The highest BCUT2D eigenvalue weighted by Crippen LogP contribution is 2.29. The Balaban J connectivity index is 1.91. The van der Waals surface area contributed by atoms with Gasteiger partial charge in [-0.25, -0.2) is 0 Å². The van der Waals surface area contributed by atoms with Crippen molar-refractivity contribution in [3.8, 4) is 6.07 Å². The van der Waals surface area contributed by atoms with Gasteiger partial charge < -0.3 is 11.1 Å². The third-order valence-corrected chi connectivity index (χ3v) is 4.91. The van der Waals surface area contributed by atoms with Gasteiger partial charge in [-0.05, 0) is 37.5 Å². The van der Waals surface area contributed by atoms with Crippen LogP contribution in [-0.4, -0.2) is 17.2 Å². The zero-order chi connectivity index (χ0) is 15.3. The third-order valence-electron chi connectivity index (χ3n) is 3.82. The number of thioether (sulfide) groups is 1. The maximum absolute atomic E-state index is 12.1. The lowest BCUT2D eigenvalue weighted by molar-refractivity contribution is -0.120. The first-order valence-electron chi connectivity index (χ1n) is 7.26. The average molecular weight is 303 g/mol. The van der Waals surface area contributed by atoms with Gasteiger partial charge in [-0.2, -0.15) is 5.26 Å². The summed E-state index contributed by atoms with van der Waals surface area (Å²) in [4.78, 5) is 13.0. The Morgan fingerprint density at radius 2 is 2.14 bits per heavy atom. The summed E-state index contributed by atoms with van der Waals surface area (Å²) in [6.45, 7) is 1.98. The van der Waals surface area contributed by atoms with Crippen LogP contribution in [-0.2, 0) is 4.79 Å². The number of nitriles is 1. The molecule has 112 valence electrons. The Morgan fingerprint density at radius 3 is 2.76 bits per heavy atom. The summed E-state index contributed by atoms with van der Waals surface area (Å²) in [5.74, 6) is 0.194. The molecule has 1 fully saturated rings. The van der Waals surface area contributed by atoms with Crippen molar-refractivity contribution in [2.75, 3.05) is 11.5 Å². The lowest BCUT2D eigenvalue weighted by atomic mass is 9.83. The standard InChI is InChI=1S/C16H21N3OS/c1-12-5-6-14(13(18)9-12)21-10-15(20)19-16(11-17)7-3-2-4-8-16/h5-6,9H,2-4,7-8,10,18H2,1H3,(H,19,20). The monoisotopic (exact) mass is 303 g/mol. The fourth-order valence-electron chi connectivity index (χ4n) is 2.67. The molecule has 5 heteroatoms. The Kier molecular flexibility index (Phi) is 5.13. The van der Waals surface area contributed by atoms with E-state index in [-0.39, 0.29) is 11.7 Å². The number of amides is 1. The Hall–Kier alpha value is -1.67. The molecule has 0 heterocycles. The number of nitrogens with two attached hydrogens (primary N) is 1. The summed E-state index contributed by atoms with van der Waals surface area (Å²) in [5, 5.41) is 12.3. The number of hydrogen-bond donors (Lipinski definition) is 2. The van der Waals surface area contributed by atoms with Crippen LogP contribution in [0.1, 0.15) is 37.7 Å². The van der Waals surface area contributed by atoms with Crippen molar-refractivity contribution in [2.45, 2.75) is 49.5 Å². The van der Waals surface area contributed by atoms with Crippen molar-refractivity contribution in [1.82, 2.24) is 5.32 Å². The minimum atomic E-state index is -0.658. The molecule has 0 saturated heterocycles. The van der Waals surface area contributed by atoms with Crippen LogP contribution in [0.3, 0.4) is 0 Å². The van der Waals surface area contributed by atoms with Gasteiger partial charge in [0.1, 0.15) is 5.54 Å². The Bertz CT molecular complexity index is 559. The summed E-state index contributed by atoms with van der Waals surface area (Å²) in [7, 11) is 0. The van der Waals surface area contributed by atoms with Crippen molar-refractivity contribution < 1.29 is 4.79 Å². The quantitative estimate of drug-likeness (QED) is 0.662. The number of nitrogens with one attached hydrogen (secondary N) is 1. The summed E-state index contributed by atoms with van der Waals surface area (Å²) in [5.41, 5.74) is 7.08. The SMILES string of the molecule is Cc1ccc(SCC(=O)NC2(C#N)CCCCC2)c(N)c1. The molecule has 1 aliphatic carbocycles. The predicted octanol–water partition coefficient (Wildman–Crippen LogP) is 3.01. The second-order valence-corrected chi connectivity index (χ2v) is 6.65. The first kappa shape index (κ1) is 15.7. The van der Waals surface area contributed by atoms with E-state index in [0.717, 1.165) is 42.6 Å². The first-order chi connectivity index (χ1) is 10.0. The van der Waals surface area contributed by atoms with Crippen molar-refractivity contribution in [3.05, 3.63) is 23.8 Å². The van der Waals surface area contributed by atoms with Crippen molar-refractivity contribution >= 4 is 23.4 Å². The van der Waals surface area contributed by atoms with Gasteiger partial charge >= 0.3 is 0 Å². The number of carbonyl (C=O) groups excluding carboxylic acids is 1. The number of benzene rings is 1. The van der Waals surface area contributed by atoms with Crippen LogP contribution in [0.2, 0.25) is 0 Å². The molecule has 0 bridgehead atoms. The van der Waals surface area contributed by atoms with Gasteiger partial charge in [-0.3, -0.25) is 4.79 Å². The van der Waals surface area contributed by atoms with E-state index in [2.05, 4.69) is 11.4 Å². The zero-order valence-corrected chi connectivity index (χ0v) is 13.1. The second-order valence-electron chi connectivity index (χ2n) is 5.63. The Labute approximate surface area is 130 Å². The fourth-order valence-corrected chi connectivity index (χ4v) is 3.41. The van der Waals surface area contributed by atoms with Gasteiger partial charge in [-0.1, -0.05) is 25.3 Å². The van der Waals surface area contributed by atoms with Gasteiger partial charge in [0.25, 0.3) is 0 Å². The highest BCUT2D eigenvalue weighted by Gasteiger charge is 2.33. The van der Waals surface area contributed by atoms with Gasteiger partial charge in [0, 0.05) is 10.6 Å². The van der Waals surface area contributed by atoms with Crippen molar-refractivity contribution in [3.63, 3.8) is 0 Å². The van der Waals surface area contributed by atoms with Crippen LogP contribution in [0.25, 0.3) is 0 Å². The van der Waals surface area contributed by atoms with E-state index < -0.39 is 5.54 Å². The van der Waals surface area contributed by atoms with E-state index >= 15 is 0 Å². The van der Waals surface area contributed by atoms with Gasteiger partial charge in [0.2, 0.25) is 5.91 Å². The summed E-state index contributed by atoms with van der Waals surface area (Å²) >= 11 is 1.42. The fraction of sp³-hybridized carbons (Fsp3) is 0.500. The van der Waals surface area contributed by atoms with Gasteiger partial charge in [0.15, 0.2) is 0 Å². The Morgan fingerprint density at radius 1 is 1.43 bits per heavy atom. The second kappa shape index (κ2) is 6.86. The summed E-state index contributed by atoms with van der Waals surface area (Å²) in [6, 6.07) is 8.11. The van der Waals surface area contributed by atoms with Crippen LogP contribution in [0.15, 0.2) is 23.1 Å². The number of nitrogens with zero attached hydrogens (tertiary/aromatic N) is 1. The van der Waals surface area contributed by atoms with E-state index in [1.54, 1.807) is 0 Å². The molecule has 0 aromatic heterocycles. The molecule has 1 saturated carbocycles. The molecule has 0 unspecified atom stereocenters. The molecule has 1 amide bonds. The van der Waals surface area contributed by atoms with Crippen LogP contribution in [0.5, 0.6) is 0 Å². The lowest BCUT2D eigenvalue weighted by Gasteiger charge is -2.31. The van der Waals surface area contributed by atoms with Crippen LogP contribution in [0, 0.1) is 18.3 Å². The highest BCUT2D eigenvalue weighted by atomic mass is 32.2. The van der Waals surface area contributed by atoms with Crippen molar-refractivity contribution in [1.29, 1.82) is 5.26 Å². The molecule has 4 nitrogen and oxygen atoms in total. The minimum Gasteiger partial charge on any atom is -0.398 e. The average Bonchev–Trinajstić information content (AvgIpc) is 2.47. The van der Waals surface area contributed by atoms with Crippen LogP contribution < -0.4 is 11.1 Å². The van der Waals surface area contributed by atoms with Crippen LogP contribution >= 0.6 is 11.8 Å². The number of anilines is 1. The number of nitrogen functional groups attached to an aromatic ring is 1.